The van der Waals surface area contributed by atoms with Gasteiger partial charge in [-0.3, -0.25) is 0 Å². The third-order valence-electron chi connectivity index (χ3n) is 2.96. The Morgan fingerprint density at radius 3 is 1.50 bits per heavy atom. The van der Waals surface area contributed by atoms with E-state index in [1.165, 1.54) is 38.5 Å². The maximum atomic E-state index is 2.48. The molecule has 0 spiro atoms. The molecule has 2 rings (SSSR count). The normalized spacial score (nSPS) is 39.2. The monoisotopic (exact) mass is 136 g/mol. The Morgan fingerprint density at radius 2 is 1.10 bits per heavy atom. The number of rotatable bonds is 0. The fourth-order valence-corrected chi connectivity index (χ4v) is 2.27. The van der Waals surface area contributed by atoms with E-state index in [4.69, 9.17) is 0 Å². The predicted molar refractivity (Wildman–Crippen MR) is 43.8 cm³/mol. The van der Waals surface area contributed by atoms with Crippen LogP contribution < -0.4 is 0 Å². The van der Waals surface area contributed by atoms with E-state index in [1.54, 1.807) is 0 Å². The molecule has 0 amide bonds. The smallest absolute Gasteiger partial charge is 0.0233 e. The molecular formula is C10H16. The first-order valence-corrected chi connectivity index (χ1v) is 4.63. The van der Waals surface area contributed by atoms with Crippen molar-refractivity contribution in [3.8, 4) is 0 Å². The van der Waals surface area contributed by atoms with Gasteiger partial charge in [0.05, 0.1) is 0 Å². The molecule has 0 fully saturated rings. The van der Waals surface area contributed by atoms with E-state index < -0.39 is 0 Å². The van der Waals surface area contributed by atoms with Crippen LogP contribution in [0, 0.1) is 11.8 Å². The Bertz CT molecular complexity index is 111. The summed E-state index contributed by atoms with van der Waals surface area (Å²) in [6.45, 7) is 0. The number of hydrogen-bond donors (Lipinski definition) is 0. The zero-order chi connectivity index (χ0) is 6.81. The molecule has 0 aromatic carbocycles. The van der Waals surface area contributed by atoms with Gasteiger partial charge in [0.2, 0.25) is 0 Å². The summed E-state index contributed by atoms with van der Waals surface area (Å²) < 4.78 is 0. The average Bonchev–Trinajstić information content (AvgIpc) is 2.17. The lowest BCUT2D eigenvalue weighted by Gasteiger charge is -2.14. The molecular weight excluding hydrogens is 120 g/mol. The van der Waals surface area contributed by atoms with Crippen molar-refractivity contribution < 1.29 is 0 Å². The first-order valence-electron chi connectivity index (χ1n) is 4.63. The van der Waals surface area contributed by atoms with Crippen LogP contribution in [0.1, 0.15) is 38.5 Å². The first kappa shape index (κ1) is 6.45. The lowest BCUT2D eigenvalue weighted by molar-refractivity contribution is 0.412. The van der Waals surface area contributed by atoms with Crippen molar-refractivity contribution in [1.29, 1.82) is 0 Å². The van der Waals surface area contributed by atoms with Crippen molar-refractivity contribution in [1.82, 2.24) is 0 Å². The second kappa shape index (κ2) is 2.77. The van der Waals surface area contributed by atoms with Crippen LogP contribution in [0.3, 0.4) is 0 Å². The molecule has 0 saturated carbocycles. The van der Waals surface area contributed by atoms with Gasteiger partial charge in [-0.1, -0.05) is 25.0 Å². The summed E-state index contributed by atoms with van der Waals surface area (Å²) in [5.41, 5.74) is 0. The average molecular weight is 136 g/mol. The highest BCUT2D eigenvalue weighted by Crippen LogP contribution is 2.31. The Labute approximate surface area is 63.3 Å². The van der Waals surface area contributed by atoms with Crippen LogP contribution in [0.5, 0.6) is 0 Å². The standard InChI is InChI=1S/C10H16/c1-3-9-5-2-6-10(4-1)8-7-9/h7-10H,1-6H2. The van der Waals surface area contributed by atoms with Crippen LogP contribution in [0.25, 0.3) is 0 Å². The minimum atomic E-state index is 0.951. The quantitative estimate of drug-likeness (QED) is 0.449. The summed E-state index contributed by atoms with van der Waals surface area (Å²) in [4.78, 5) is 0. The number of hydrogen-bond acceptors (Lipinski definition) is 0. The second-order valence-electron chi connectivity index (χ2n) is 3.77. The molecule has 0 nitrogen and oxygen atoms in total. The highest BCUT2D eigenvalue weighted by molar-refractivity contribution is 4.98. The molecule has 0 unspecified atom stereocenters. The summed E-state index contributed by atoms with van der Waals surface area (Å²) in [5.74, 6) is 1.90. The molecule has 0 aromatic rings. The van der Waals surface area contributed by atoms with E-state index >= 15 is 0 Å². The fraction of sp³-hybridized carbons (Fsp3) is 0.800. The van der Waals surface area contributed by atoms with Crippen LogP contribution in [0.15, 0.2) is 12.2 Å². The molecule has 2 bridgehead atoms. The van der Waals surface area contributed by atoms with Crippen LogP contribution in [-0.2, 0) is 0 Å². The SMILES string of the molecule is C1=CC2CCCC1CCC2. The van der Waals surface area contributed by atoms with Gasteiger partial charge in [0.25, 0.3) is 0 Å². The lowest BCUT2D eigenvalue weighted by Crippen LogP contribution is -2.00. The molecule has 2 aliphatic carbocycles. The highest BCUT2D eigenvalue weighted by atomic mass is 14.2. The van der Waals surface area contributed by atoms with Gasteiger partial charge >= 0.3 is 0 Å². The summed E-state index contributed by atoms with van der Waals surface area (Å²) in [7, 11) is 0. The van der Waals surface area contributed by atoms with E-state index in [-0.39, 0.29) is 0 Å². The van der Waals surface area contributed by atoms with Gasteiger partial charge in [-0.05, 0) is 37.5 Å². The van der Waals surface area contributed by atoms with Crippen molar-refractivity contribution in [2.75, 3.05) is 0 Å². The van der Waals surface area contributed by atoms with Gasteiger partial charge in [-0.25, -0.2) is 0 Å². The van der Waals surface area contributed by atoms with E-state index in [0.717, 1.165) is 11.8 Å². The molecule has 10 heavy (non-hydrogen) atoms. The minimum absolute atomic E-state index is 0.951. The summed E-state index contributed by atoms with van der Waals surface area (Å²) >= 11 is 0. The molecule has 0 heteroatoms. The lowest BCUT2D eigenvalue weighted by atomic mass is 9.91. The van der Waals surface area contributed by atoms with Crippen molar-refractivity contribution in [3.63, 3.8) is 0 Å². The third kappa shape index (κ3) is 1.25. The van der Waals surface area contributed by atoms with E-state index in [2.05, 4.69) is 12.2 Å². The zero-order valence-corrected chi connectivity index (χ0v) is 6.55. The van der Waals surface area contributed by atoms with E-state index in [9.17, 15) is 0 Å². The maximum Gasteiger partial charge on any atom is -0.0233 e. The molecule has 56 valence electrons. The zero-order valence-electron chi connectivity index (χ0n) is 6.55. The predicted octanol–water partition coefficient (Wildman–Crippen LogP) is 3.14. The Balaban J connectivity index is 2.10. The van der Waals surface area contributed by atoms with Crippen molar-refractivity contribution in [2.24, 2.45) is 11.8 Å². The summed E-state index contributed by atoms with van der Waals surface area (Å²) in [6.07, 6.45) is 13.8. The molecule has 0 aromatic heterocycles. The van der Waals surface area contributed by atoms with Crippen LogP contribution in [0.4, 0.5) is 0 Å². The third-order valence-corrected chi connectivity index (χ3v) is 2.96. The maximum absolute atomic E-state index is 2.48. The van der Waals surface area contributed by atoms with Crippen molar-refractivity contribution in [3.05, 3.63) is 12.2 Å². The number of fused-ring (bicyclic) bond motifs is 2. The van der Waals surface area contributed by atoms with Crippen LogP contribution in [-0.4, -0.2) is 0 Å². The Kier molecular flexibility index (Phi) is 1.79. The van der Waals surface area contributed by atoms with Gasteiger partial charge in [0.15, 0.2) is 0 Å². The molecule has 0 N–H and O–H groups in total. The minimum Gasteiger partial charge on any atom is -0.0851 e. The van der Waals surface area contributed by atoms with Gasteiger partial charge in [0.1, 0.15) is 0 Å². The molecule has 0 saturated heterocycles. The highest BCUT2D eigenvalue weighted by Gasteiger charge is 2.17. The van der Waals surface area contributed by atoms with E-state index in [1.807, 2.05) is 0 Å². The van der Waals surface area contributed by atoms with Crippen molar-refractivity contribution >= 4 is 0 Å². The first-order chi connectivity index (χ1) is 4.95. The largest absolute Gasteiger partial charge is 0.0851 e. The topological polar surface area (TPSA) is 0 Å². The van der Waals surface area contributed by atoms with Crippen LogP contribution >= 0.6 is 0 Å². The summed E-state index contributed by atoms with van der Waals surface area (Å²) in [5, 5.41) is 0. The molecule has 0 heterocycles. The van der Waals surface area contributed by atoms with Crippen LogP contribution in [0.2, 0.25) is 0 Å². The molecule has 0 radical (unpaired) electrons. The second-order valence-corrected chi connectivity index (χ2v) is 3.77. The Hall–Kier alpha value is -0.260. The number of allylic oxidation sites excluding steroid dienone is 2. The summed E-state index contributed by atoms with van der Waals surface area (Å²) in [6, 6.07) is 0. The van der Waals surface area contributed by atoms with Crippen molar-refractivity contribution in [2.45, 2.75) is 38.5 Å². The molecule has 0 aliphatic heterocycles. The van der Waals surface area contributed by atoms with Gasteiger partial charge < -0.3 is 0 Å². The van der Waals surface area contributed by atoms with Gasteiger partial charge in [-0.2, -0.15) is 0 Å². The van der Waals surface area contributed by atoms with Gasteiger partial charge in [0, 0.05) is 0 Å². The fourth-order valence-electron chi connectivity index (χ4n) is 2.27. The van der Waals surface area contributed by atoms with E-state index in [0.29, 0.717) is 0 Å². The Morgan fingerprint density at radius 1 is 0.700 bits per heavy atom. The van der Waals surface area contributed by atoms with Gasteiger partial charge in [-0.15, -0.1) is 0 Å². The molecule has 0 atom stereocenters. The molecule has 2 aliphatic rings.